The predicted molar refractivity (Wildman–Crippen MR) is 122 cm³/mol. The lowest BCUT2D eigenvalue weighted by molar-refractivity contribution is -0.139. The van der Waals surface area contributed by atoms with E-state index in [0.29, 0.717) is 31.2 Å². The summed E-state index contributed by atoms with van der Waals surface area (Å²) in [6, 6.07) is 18.1. The Morgan fingerprint density at radius 2 is 1.58 bits per heavy atom. The Kier molecular flexibility index (Phi) is 5.21. The van der Waals surface area contributed by atoms with E-state index in [4.69, 9.17) is 4.74 Å². The molecule has 2 aliphatic heterocycles. The molecule has 5 rings (SSSR count). The van der Waals surface area contributed by atoms with Crippen LogP contribution in [0.4, 0.5) is 4.79 Å². The molecule has 2 aliphatic rings. The Labute approximate surface area is 183 Å². The smallest absolute Gasteiger partial charge is 0.294 e. The number of benzene rings is 3. The van der Waals surface area contributed by atoms with Crippen molar-refractivity contribution in [2.24, 2.45) is 0 Å². The molecule has 0 atom stereocenters. The Hall–Kier alpha value is -3.16. The molecule has 2 fully saturated rings. The highest BCUT2D eigenvalue weighted by molar-refractivity contribution is 8.18. The number of fused-ring (bicyclic) bond motifs is 2. The van der Waals surface area contributed by atoms with Crippen LogP contribution < -0.4 is 0 Å². The van der Waals surface area contributed by atoms with Gasteiger partial charge in [-0.3, -0.25) is 19.3 Å². The highest BCUT2D eigenvalue weighted by Gasteiger charge is 2.37. The number of nitrogens with zero attached hydrogens (tertiary/aromatic N) is 2. The van der Waals surface area contributed by atoms with Gasteiger partial charge in [-0.1, -0.05) is 48.5 Å². The number of carbonyl (C=O) groups excluding carboxylic acids is 3. The third-order valence-corrected chi connectivity index (χ3v) is 6.53. The molecule has 0 unspecified atom stereocenters. The number of imide groups is 1. The van der Waals surface area contributed by atoms with Crippen molar-refractivity contribution in [1.82, 2.24) is 9.80 Å². The summed E-state index contributed by atoms with van der Waals surface area (Å²) in [7, 11) is 0. The summed E-state index contributed by atoms with van der Waals surface area (Å²) in [5.74, 6) is -0.656. The van der Waals surface area contributed by atoms with Gasteiger partial charge < -0.3 is 9.64 Å². The molecule has 3 aromatic carbocycles. The van der Waals surface area contributed by atoms with Crippen LogP contribution in [0.25, 0.3) is 27.6 Å². The Morgan fingerprint density at radius 3 is 2.23 bits per heavy atom. The molecule has 0 saturated carbocycles. The quantitative estimate of drug-likeness (QED) is 0.464. The number of rotatable bonds is 3. The van der Waals surface area contributed by atoms with E-state index in [0.717, 1.165) is 43.8 Å². The Balaban J connectivity index is 1.50. The number of hydrogen-bond acceptors (Lipinski definition) is 5. The number of carbonyl (C=O) groups is 3. The fourth-order valence-corrected chi connectivity index (χ4v) is 4.84. The van der Waals surface area contributed by atoms with Crippen LogP contribution >= 0.6 is 11.8 Å². The zero-order chi connectivity index (χ0) is 21.4. The van der Waals surface area contributed by atoms with Gasteiger partial charge in [-0.15, -0.1) is 0 Å². The van der Waals surface area contributed by atoms with E-state index >= 15 is 0 Å². The molecule has 2 heterocycles. The zero-order valence-electron chi connectivity index (χ0n) is 16.7. The first kappa shape index (κ1) is 19.8. The Morgan fingerprint density at radius 1 is 0.968 bits per heavy atom. The normalized spacial score (nSPS) is 18.5. The molecule has 31 heavy (non-hydrogen) atoms. The molecular weight excluding hydrogens is 412 g/mol. The van der Waals surface area contributed by atoms with Gasteiger partial charge in [-0.05, 0) is 51.0 Å². The van der Waals surface area contributed by atoms with Crippen molar-refractivity contribution in [2.75, 3.05) is 32.8 Å². The van der Waals surface area contributed by atoms with Crippen molar-refractivity contribution in [3.05, 3.63) is 65.1 Å². The number of ether oxygens (including phenoxy) is 1. The van der Waals surface area contributed by atoms with E-state index in [9.17, 15) is 14.4 Å². The summed E-state index contributed by atoms with van der Waals surface area (Å²) in [6.07, 6.45) is 1.79. The average Bonchev–Trinajstić information content (AvgIpc) is 3.06. The lowest BCUT2D eigenvalue weighted by atomic mass is 9.96. The molecule has 0 aromatic heterocycles. The van der Waals surface area contributed by atoms with Crippen LogP contribution in [0.1, 0.15) is 5.56 Å². The molecule has 7 heteroatoms. The molecule has 0 aliphatic carbocycles. The first-order chi connectivity index (χ1) is 15.1. The maximum absolute atomic E-state index is 13.0. The predicted octanol–water partition coefficient (Wildman–Crippen LogP) is 3.89. The van der Waals surface area contributed by atoms with Crippen molar-refractivity contribution in [1.29, 1.82) is 0 Å². The summed E-state index contributed by atoms with van der Waals surface area (Å²) in [6.45, 7) is 1.67. The lowest BCUT2D eigenvalue weighted by Gasteiger charge is -2.28. The van der Waals surface area contributed by atoms with Gasteiger partial charge in [0.1, 0.15) is 6.54 Å². The van der Waals surface area contributed by atoms with Crippen LogP contribution in [0.15, 0.2) is 59.5 Å². The van der Waals surface area contributed by atoms with Crippen LogP contribution in [0.3, 0.4) is 0 Å². The average molecular weight is 433 g/mol. The minimum atomic E-state index is -0.423. The lowest BCUT2D eigenvalue weighted by Crippen LogP contribution is -2.46. The summed E-state index contributed by atoms with van der Waals surface area (Å²) in [5, 5.41) is 3.74. The van der Waals surface area contributed by atoms with Gasteiger partial charge in [0.05, 0.1) is 18.1 Å². The molecule has 0 radical (unpaired) electrons. The maximum Gasteiger partial charge on any atom is 0.294 e. The monoisotopic (exact) mass is 432 g/mol. The number of thioether (sulfide) groups is 1. The number of morpholine rings is 1. The third-order valence-electron chi connectivity index (χ3n) is 5.62. The highest BCUT2D eigenvalue weighted by atomic mass is 32.2. The van der Waals surface area contributed by atoms with Crippen molar-refractivity contribution < 1.29 is 19.1 Å². The first-order valence-electron chi connectivity index (χ1n) is 10.1. The van der Waals surface area contributed by atoms with E-state index in [1.54, 1.807) is 11.0 Å². The molecule has 0 N–H and O–H groups in total. The second-order valence-electron chi connectivity index (χ2n) is 7.49. The fourth-order valence-electron chi connectivity index (χ4n) is 4.02. The largest absolute Gasteiger partial charge is 0.378 e. The van der Waals surface area contributed by atoms with Crippen LogP contribution in [0.5, 0.6) is 0 Å². The molecule has 2 saturated heterocycles. The Bertz CT molecular complexity index is 1190. The van der Waals surface area contributed by atoms with Crippen molar-refractivity contribution in [2.45, 2.75) is 0 Å². The molecular formula is C24H20N2O4S. The van der Waals surface area contributed by atoms with Crippen LogP contribution in [0.2, 0.25) is 0 Å². The van der Waals surface area contributed by atoms with E-state index in [-0.39, 0.29) is 12.5 Å². The van der Waals surface area contributed by atoms with Gasteiger partial charge in [-0.25, -0.2) is 0 Å². The zero-order valence-corrected chi connectivity index (χ0v) is 17.6. The van der Waals surface area contributed by atoms with Gasteiger partial charge in [0.2, 0.25) is 5.91 Å². The van der Waals surface area contributed by atoms with Crippen molar-refractivity contribution >= 4 is 56.4 Å². The van der Waals surface area contributed by atoms with E-state index in [2.05, 4.69) is 6.07 Å². The van der Waals surface area contributed by atoms with Gasteiger partial charge in [0.15, 0.2) is 0 Å². The summed E-state index contributed by atoms with van der Waals surface area (Å²) in [5.41, 5.74) is 0.902. The van der Waals surface area contributed by atoms with Crippen LogP contribution in [-0.4, -0.2) is 59.7 Å². The SMILES string of the molecule is O=C(CN1C(=O)SC(=Cc2c3ccccc3cc3ccccc23)C1=O)N1CCOCC1. The molecule has 0 bridgehead atoms. The van der Waals surface area contributed by atoms with Gasteiger partial charge in [-0.2, -0.15) is 0 Å². The van der Waals surface area contributed by atoms with Gasteiger partial charge in [0, 0.05) is 13.1 Å². The molecule has 3 aromatic rings. The number of amides is 3. The standard InChI is InChI=1S/C24H20N2O4S/c27-22(25-9-11-30-12-10-25)15-26-23(28)21(31-24(26)29)14-20-18-7-3-1-5-16(18)13-17-6-2-4-8-19(17)20/h1-8,13-14H,9-12,15H2. The second-order valence-corrected chi connectivity index (χ2v) is 8.49. The van der Waals surface area contributed by atoms with Gasteiger partial charge in [0.25, 0.3) is 11.1 Å². The third kappa shape index (κ3) is 3.71. The molecule has 0 spiro atoms. The summed E-state index contributed by atoms with van der Waals surface area (Å²) in [4.78, 5) is 41.2. The summed E-state index contributed by atoms with van der Waals surface area (Å²) < 4.78 is 5.26. The van der Waals surface area contributed by atoms with E-state index in [1.807, 2.05) is 48.5 Å². The minimum absolute atomic E-state index is 0.234. The van der Waals surface area contributed by atoms with E-state index in [1.165, 1.54) is 0 Å². The minimum Gasteiger partial charge on any atom is -0.378 e. The van der Waals surface area contributed by atoms with E-state index < -0.39 is 11.1 Å². The van der Waals surface area contributed by atoms with Crippen LogP contribution in [0, 0.1) is 0 Å². The summed E-state index contributed by atoms with van der Waals surface area (Å²) >= 11 is 0.885. The van der Waals surface area contributed by atoms with Gasteiger partial charge >= 0.3 is 0 Å². The van der Waals surface area contributed by atoms with Crippen molar-refractivity contribution in [3.8, 4) is 0 Å². The topological polar surface area (TPSA) is 66.9 Å². The van der Waals surface area contributed by atoms with Crippen LogP contribution in [-0.2, 0) is 14.3 Å². The number of hydrogen-bond donors (Lipinski definition) is 0. The maximum atomic E-state index is 13.0. The molecule has 6 nitrogen and oxygen atoms in total. The van der Waals surface area contributed by atoms with Crippen molar-refractivity contribution in [3.63, 3.8) is 0 Å². The first-order valence-corrected chi connectivity index (χ1v) is 10.9. The highest BCUT2D eigenvalue weighted by Crippen LogP contribution is 2.36. The second kappa shape index (κ2) is 8.17. The fraction of sp³-hybridized carbons (Fsp3) is 0.208. The molecule has 3 amide bonds. The molecule has 156 valence electrons.